The number of carbonyl (C=O) groups is 1. The number of aromatic nitrogens is 1. The molecule has 1 rings (SSSR count). The van der Waals surface area contributed by atoms with Crippen LogP contribution in [-0.2, 0) is 4.79 Å². The highest BCUT2D eigenvalue weighted by molar-refractivity contribution is 5.77. The van der Waals surface area contributed by atoms with Gasteiger partial charge in [-0.25, -0.2) is 0 Å². The van der Waals surface area contributed by atoms with Gasteiger partial charge in [0, 0.05) is 12.6 Å². The molecule has 6 nitrogen and oxygen atoms in total. The van der Waals surface area contributed by atoms with Crippen LogP contribution in [0.4, 0.5) is 0 Å². The van der Waals surface area contributed by atoms with E-state index < -0.39 is 6.10 Å². The molecule has 1 aromatic heterocycles. The van der Waals surface area contributed by atoms with Gasteiger partial charge in [0.2, 0.25) is 0 Å². The maximum absolute atomic E-state index is 11.3. The number of aliphatic hydroxyl groups excluding tert-OH is 1. The normalized spacial score (nSPS) is 12.5. The van der Waals surface area contributed by atoms with Crippen LogP contribution in [0.3, 0.4) is 0 Å². The fourth-order valence-corrected chi connectivity index (χ4v) is 1.06. The van der Waals surface area contributed by atoms with Gasteiger partial charge >= 0.3 is 0 Å². The second-order valence-electron chi connectivity index (χ2n) is 4.18. The van der Waals surface area contributed by atoms with Gasteiger partial charge in [0.1, 0.15) is 5.76 Å². The van der Waals surface area contributed by atoms with Crippen LogP contribution in [0.1, 0.15) is 19.6 Å². The van der Waals surface area contributed by atoms with Crippen molar-refractivity contribution in [3.05, 3.63) is 11.8 Å². The Balaban J connectivity index is 2.22. The van der Waals surface area contributed by atoms with Crippen molar-refractivity contribution in [2.24, 2.45) is 5.92 Å². The highest BCUT2D eigenvalue weighted by atomic mass is 16.5. The minimum absolute atomic E-state index is 0.106. The topological polar surface area (TPSA) is 84.6 Å². The van der Waals surface area contributed by atoms with Crippen LogP contribution in [0.2, 0.25) is 0 Å². The van der Waals surface area contributed by atoms with Crippen LogP contribution < -0.4 is 10.1 Å². The predicted molar refractivity (Wildman–Crippen MR) is 60.6 cm³/mol. The van der Waals surface area contributed by atoms with E-state index in [-0.39, 0.29) is 30.9 Å². The van der Waals surface area contributed by atoms with Gasteiger partial charge in [-0.1, -0.05) is 13.8 Å². The maximum atomic E-state index is 11.3. The summed E-state index contributed by atoms with van der Waals surface area (Å²) >= 11 is 0. The summed E-state index contributed by atoms with van der Waals surface area (Å²) in [5.41, 5.74) is 0. The summed E-state index contributed by atoms with van der Waals surface area (Å²) < 4.78 is 9.86. The largest absolute Gasteiger partial charge is 0.465 e. The molecule has 6 heteroatoms. The van der Waals surface area contributed by atoms with Gasteiger partial charge < -0.3 is 19.7 Å². The Morgan fingerprint density at radius 2 is 2.35 bits per heavy atom. The highest BCUT2D eigenvalue weighted by Crippen LogP contribution is 2.09. The van der Waals surface area contributed by atoms with Crippen molar-refractivity contribution in [1.82, 2.24) is 10.5 Å². The second-order valence-corrected chi connectivity index (χ2v) is 4.18. The summed E-state index contributed by atoms with van der Waals surface area (Å²) in [6, 6.07) is 1.59. The van der Waals surface area contributed by atoms with Gasteiger partial charge in [0.25, 0.3) is 11.8 Å². The van der Waals surface area contributed by atoms with Crippen LogP contribution in [-0.4, -0.2) is 35.4 Å². The first kappa shape index (κ1) is 13.5. The summed E-state index contributed by atoms with van der Waals surface area (Å²) in [7, 11) is 0. The van der Waals surface area contributed by atoms with Crippen LogP contribution in [0.15, 0.2) is 10.6 Å². The Labute approximate surface area is 99.9 Å². The molecule has 0 spiro atoms. The average molecular weight is 242 g/mol. The number of carbonyl (C=O) groups excluding carboxylic acids is 1. The van der Waals surface area contributed by atoms with E-state index in [9.17, 15) is 9.90 Å². The number of aryl methyl sites for hydroxylation is 1. The molecule has 0 aliphatic carbocycles. The van der Waals surface area contributed by atoms with Crippen LogP contribution in [0.5, 0.6) is 5.88 Å². The number of amides is 1. The average Bonchev–Trinajstić information content (AvgIpc) is 2.69. The Hall–Kier alpha value is -1.56. The molecule has 0 fully saturated rings. The highest BCUT2D eigenvalue weighted by Gasteiger charge is 2.11. The van der Waals surface area contributed by atoms with Crippen molar-refractivity contribution < 1.29 is 19.2 Å². The number of nitrogens with one attached hydrogen (secondary N) is 1. The molecule has 0 radical (unpaired) electrons. The number of hydrogen-bond donors (Lipinski definition) is 2. The van der Waals surface area contributed by atoms with Crippen molar-refractivity contribution in [3.8, 4) is 5.88 Å². The molecular formula is C11H18N2O4. The van der Waals surface area contributed by atoms with Crippen molar-refractivity contribution in [2.45, 2.75) is 26.9 Å². The number of hydrogen-bond acceptors (Lipinski definition) is 5. The Kier molecular flexibility index (Phi) is 4.96. The first-order chi connectivity index (χ1) is 7.99. The van der Waals surface area contributed by atoms with Gasteiger partial charge in [0.15, 0.2) is 6.61 Å². The lowest BCUT2D eigenvalue weighted by molar-refractivity contribution is -0.123. The molecule has 17 heavy (non-hydrogen) atoms. The number of nitrogens with zero attached hydrogens (tertiary/aromatic N) is 1. The van der Waals surface area contributed by atoms with E-state index >= 15 is 0 Å². The molecule has 1 heterocycles. The Morgan fingerprint density at radius 1 is 1.65 bits per heavy atom. The first-order valence-corrected chi connectivity index (χ1v) is 5.50. The maximum Gasteiger partial charge on any atom is 0.258 e. The van der Waals surface area contributed by atoms with E-state index in [1.165, 1.54) is 0 Å². The SMILES string of the molecule is Cc1cc(OCC(=O)NCC(O)C(C)C)no1. The lowest BCUT2D eigenvalue weighted by atomic mass is 10.1. The molecule has 1 aromatic rings. The van der Waals surface area contributed by atoms with Crippen LogP contribution in [0.25, 0.3) is 0 Å². The number of rotatable bonds is 6. The summed E-state index contributed by atoms with van der Waals surface area (Å²) in [5, 5.41) is 15.6. The fraction of sp³-hybridized carbons (Fsp3) is 0.636. The van der Waals surface area contributed by atoms with Gasteiger partial charge in [0.05, 0.1) is 6.10 Å². The smallest absolute Gasteiger partial charge is 0.258 e. The molecule has 2 N–H and O–H groups in total. The van der Waals surface area contributed by atoms with E-state index in [0.29, 0.717) is 5.76 Å². The number of aliphatic hydroxyl groups is 1. The summed E-state index contributed by atoms with van der Waals surface area (Å²) in [5.74, 6) is 0.706. The van der Waals surface area contributed by atoms with Crippen molar-refractivity contribution >= 4 is 5.91 Å². The molecule has 0 aliphatic heterocycles. The van der Waals surface area contributed by atoms with Gasteiger partial charge in [-0.15, -0.1) is 0 Å². The van der Waals surface area contributed by atoms with Gasteiger partial charge in [-0.3, -0.25) is 4.79 Å². The zero-order chi connectivity index (χ0) is 12.8. The summed E-state index contributed by atoms with van der Waals surface area (Å²) in [6.07, 6.45) is -0.548. The third-order valence-corrected chi connectivity index (χ3v) is 2.24. The Bertz CT molecular complexity index is 362. The van der Waals surface area contributed by atoms with Crippen molar-refractivity contribution in [1.29, 1.82) is 0 Å². The van der Waals surface area contributed by atoms with Crippen molar-refractivity contribution in [3.63, 3.8) is 0 Å². The van der Waals surface area contributed by atoms with E-state index in [4.69, 9.17) is 9.26 Å². The van der Waals surface area contributed by atoms with E-state index in [1.807, 2.05) is 13.8 Å². The third-order valence-electron chi connectivity index (χ3n) is 2.24. The van der Waals surface area contributed by atoms with Gasteiger partial charge in [-0.05, 0) is 18.0 Å². The fourth-order valence-electron chi connectivity index (χ4n) is 1.06. The third kappa shape index (κ3) is 4.86. The predicted octanol–water partition coefficient (Wildman–Crippen LogP) is 0.495. The molecule has 0 saturated carbocycles. The minimum atomic E-state index is -0.548. The quantitative estimate of drug-likeness (QED) is 0.758. The molecule has 0 aliphatic rings. The minimum Gasteiger partial charge on any atom is -0.465 e. The summed E-state index contributed by atoms with van der Waals surface area (Å²) in [6.45, 7) is 5.57. The number of ether oxygens (including phenoxy) is 1. The molecule has 1 atom stereocenters. The zero-order valence-corrected chi connectivity index (χ0v) is 10.3. The molecule has 1 unspecified atom stereocenters. The molecular weight excluding hydrogens is 224 g/mol. The molecule has 0 saturated heterocycles. The van der Waals surface area contributed by atoms with Crippen LogP contribution >= 0.6 is 0 Å². The molecule has 0 bridgehead atoms. The Morgan fingerprint density at radius 3 is 2.88 bits per heavy atom. The lowest BCUT2D eigenvalue weighted by Gasteiger charge is -2.14. The summed E-state index contributed by atoms with van der Waals surface area (Å²) in [4.78, 5) is 11.3. The monoisotopic (exact) mass is 242 g/mol. The lowest BCUT2D eigenvalue weighted by Crippen LogP contribution is -2.37. The van der Waals surface area contributed by atoms with E-state index in [2.05, 4.69) is 10.5 Å². The standard InChI is InChI=1S/C11H18N2O4/c1-7(2)9(14)5-12-10(15)6-16-11-4-8(3)17-13-11/h4,7,9,14H,5-6H2,1-3H3,(H,12,15). The van der Waals surface area contributed by atoms with Crippen LogP contribution in [0, 0.1) is 12.8 Å². The second kappa shape index (κ2) is 6.24. The van der Waals surface area contributed by atoms with E-state index in [0.717, 1.165) is 0 Å². The molecule has 0 aromatic carbocycles. The first-order valence-electron chi connectivity index (χ1n) is 5.50. The van der Waals surface area contributed by atoms with Gasteiger partial charge in [-0.2, -0.15) is 0 Å². The van der Waals surface area contributed by atoms with Crippen molar-refractivity contribution in [2.75, 3.05) is 13.2 Å². The molecule has 96 valence electrons. The van der Waals surface area contributed by atoms with E-state index in [1.54, 1.807) is 13.0 Å². The zero-order valence-electron chi connectivity index (χ0n) is 10.3. The molecule has 1 amide bonds.